The second kappa shape index (κ2) is 39.7. The zero-order valence-electron chi connectivity index (χ0n) is 44.8. The molecule has 2 rings (SSSR count). The summed E-state index contributed by atoms with van der Waals surface area (Å²) < 4.78 is 56.6. The van der Waals surface area contributed by atoms with Gasteiger partial charge in [0.15, 0.2) is 12.3 Å². The number of aliphatic hydroxyl groups is 5. The summed E-state index contributed by atoms with van der Waals surface area (Å²) in [5, 5.41) is 51.7. The van der Waals surface area contributed by atoms with Crippen LogP contribution in [0, 0.1) is 5.92 Å². The number of esters is 2. The van der Waals surface area contributed by atoms with Gasteiger partial charge in [-0.25, -0.2) is 13.9 Å². The minimum Gasteiger partial charge on any atom is -0.462 e. The number of rotatable bonds is 43. The molecule has 1 aliphatic heterocycles. The Bertz CT molecular complexity index is 2080. The van der Waals surface area contributed by atoms with E-state index in [9.17, 15) is 58.8 Å². The number of aliphatic hydroxyl groups excluding tert-OH is 5. The van der Waals surface area contributed by atoms with E-state index in [4.69, 9.17) is 29.0 Å². The van der Waals surface area contributed by atoms with E-state index in [0.717, 1.165) is 48.8 Å². The highest BCUT2D eigenvalue weighted by Gasteiger charge is 2.46. The molecule has 434 valence electrons. The number of carbonyl (C=O) groups is 2. The molecule has 1 fully saturated rings. The summed E-state index contributed by atoms with van der Waals surface area (Å²) >= 11 is 0. The molecule has 76 heavy (non-hydrogen) atoms. The van der Waals surface area contributed by atoms with E-state index in [0.29, 0.717) is 12.8 Å². The number of phosphoric acid groups is 2. The van der Waals surface area contributed by atoms with E-state index in [1.54, 1.807) is 36.5 Å². The first-order valence-corrected chi connectivity index (χ1v) is 30.0. The number of anilines is 1. The van der Waals surface area contributed by atoms with Crippen LogP contribution in [-0.4, -0.2) is 119 Å². The number of nitrogen functional groups attached to an aromatic ring is 1. The molecule has 9 N–H and O–H groups in total. The Kier molecular flexibility index (Phi) is 35.7. The number of hydrogen-bond donors (Lipinski definition) is 8. The maximum Gasteiger partial charge on any atom is 0.481 e. The second-order valence-electron chi connectivity index (χ2n) is 19.4. The first kappa shape index (κ1) is 68.4. The first-order chi connectivity index (χ1) is 36.2. The minimum absolute atomic E-state index is 0.0273. The molecule has 2 heterocycles. The van der Waals surface area contributed by atoms with Crippen LogP contribution in [0.2, 0.25) is 0 Å². The van der Waals surface area contributed by atoms with E-state index in [2.05, 4.69) is 23.1 Å². The van der Waals surface area contributed by atoms with Crippen LogP contribution < -0.4 is 11.4 Å². The van der Waals surface area contributed by atoms with Gasteiger partial charge in [-0.05, 0) is 44.1 Å². The van der Waals surface area contributed by atoms with Gasteiger partial charge in [0, 0.05) is 19.0 Å². The Morgan fingerprint density at radius 2 is 1.29 bits per heavy atom. The van der Waals surface area contributed by atoms with Crippen molar-refractivity contribution in [2.45, 2.75) is 211 Å². The van der Waals surface area contributed by atoms with Crippen molar-refractivity contribution in [2.24, 2.45) is 5.92 Å². The predicted molar refractivity (Wildman–Crippen MR) is 288 cm³/mol. The molecule has 2 unspecified atom stereocenters. The number of unbranched alkanes of at least 4 members (excludes halogenated alkanes) is 14. The van der Waals surface area contributed by atoms with Crippen molar-refractivity contribution in [2.75, 3.05) is 25.6 Å². The summed E-state index contributed by atoms with van der Waals surface area (Å²) in [6.45, 7) is 3.96. The summed E-state index contributed by atoms with van der Waals surface area (Å²) in [4.78, 5) is 62.1. The molecular weight excluding hydrogens is 1030 g/mol. The van der Waals surface area contributed by atoms with Crippen molar-refractivity contribution in [1.82, 2.24) is 9.55 Å². The van der Waals surface area contributed by atoms with Gasteiger partial charge >= 0.3 is 33.3 Å². The van der Waals surface area contributed by atoms with Crippen LogP contribution in [0.1, 0.15) is 168 Å². The van der Waals surface area contributed by atoms with Gasteiger partial charge in [0.25, 0.3) is 0 Å². The number of aromatic nitrogens is 2. The van der Waals surface area contributed by atoms with E-state index in [1.165, 1.54) is 88.8 Å². The molecule has 0 aromatic carbocycles. The molecule has 0 bridgehead atoms. The third-order valence-corrected chi connectivity index (χ3v) is 14.7. The molecule has 1 aliphatic rings. The highest BCUT2D eigenvalue weighted by molar-refractivity contribution is 7.61. The largest absolute Gasteiger partial charge is 0.481 e. The number of phosphoric ester groups is 2. The lowest BCUT2D eigenvalue weighted by molar-refractivity contribution is -0.161. The fourth-order valence-electron chi connectivity index (χ4n) is 7.84. The summed E-state index contributed by atoms with van der Waals surface area (Å²) in [6, 6.07) is 1.23. The normalized spacial score (nSPS) is 20.5. The van der Waals surface area contributed by atoms with Crippen molar-refractivity contribution in [3.05, 3.63) is 83.5 Å². The minimum atomic E-state index is -5.52. The number of nitrogens with zero attached hydrogens (tertiary/aromatic N) is 2. The maximum atomic E-state index is 12.9. The average molecular weight is 1120 g/mol. The van der Waals surface area contributed by atoms with Gasteiger partial charge in [0.05, 0.1) is 31.5 Å². The lowest BCUT2D eigenvalue weighted by Gasteiger charge is -2.21. The quantitative estimate of drug-likeness (QED) is 0.0100. The van der Waals surface area contributed by atoms with Crippen LogP contribution in [0.15, 0.2) is 77.8 Å². The lowest BCUT2D eigenvalue weighted by atomic mass is 10.0. The van der Waals surface area contributed by atoms with Crippen molar-refractivity contribution in [1.29, 1.82) is 0 Å². The summed E-state index contributed by atoms with van der Waals surface area (Å²) in [6.07, 6.45) is 26.6. The van der Waals surface area contributed by atoms with Gasteiger partial charge in [-0.1, -0.05) is 178 Å². The SMILES string of the molecule is CC/C=C\C[C@H](O)/C=C/C=C/C=C\C=C/[C@@H](O)[C@H](O)CCCC(=O)O[C@H](COC(=O)CCCCCCCCCCCCCCCCCC(C)C)COP(=O)(O)OP(=O)(O)OC[C@H]1O[C@@H](n2ccc(N)nc2=O)[C@H](O)[C@@H]1O. The van der Waals surface area contributed by atoms with Gasteiger partial charge in [-0.3, -0.25) is 23.2 Å². The summed E-state index contributed by atoms with van der Waals surface area (Å²) in [7, 11) is -11.0. The van der Waals surface area contributed by atoms with Crippen LogP contribution in [-0.2, 0) is 46.3 Å². The molecule has 0 amide bonds. The van der Waals surface area contributed by atoms with E-state index in [-0.39, 0.29) is 31.5 Å². The number of ether oxygens (including phenoxy) is 3. The zero-order chi connectivity index (χ0) is 56.2. The van der Waals surface area contributed by atoms with Crippen molar-refractivity contribution in [3.63, 3.8) is 0 Å². The standard InChI is InChI=1S/C53H89N3O18P2/c1-4-5-23-30-42(57)31-25-20-17-18-21-26-32-44(58)45(59)33-28-35-49(61)72-43(38-69-48(60)34-27-22-16-14-12-10-8-6-7-9-11-13-15-19-24-29-41(2)3)39-70-75(65,66)74-76(67,68)71-40-46-50(62)51(63)52(73-46)56-37-36-47(54)55-53(56)64/h5,17-18,20-21,23,25-26,31-32,36-37,41-46,50-52,57-59,62-63H,4,6-16,19,22,24,27-30,33-35,38-40H2,1-3H3,(H,65,66)(H,67,68)(H2,54,55,64)/b20-17+,21-18-,23-5-,31-25+,32-26-/t42-,43+,44+,45+,46+,50+,51+,52+/m0/s1. The molecule has 1 saturated heterocycles. The summed E-state index contributed by atoms with van der Waals surface area (Å²) in [5.41, 5.74) is 4.56. The second-order valence-corrected chi connectivity index (χ2v) is 22.4. The van der Waals surface area contributed by atoms with Gasteiger partial charge in [0.1, 0.15) is 30.7 Å². The Morgan fingerprint density at radius 3 is 1.88 bits per heavy atom. The smallest absolute Gasteiger partial charge is 0.462 e. The first-order valence-electron chi connectivity index (χ1n) is 27.0. The van der Waals surface area contributed by atoms with E-state index >= 15 is 0 Å². The number of allylic oxidation sites excluding steroid dienone is 7. The third kappa shape index (κ3) is 32.3. The van der Waals surface area contributed by atoms with E-state index in [1.807, 2.05) is 19.1 Å². The maximum absolute atomic E-state index is 12.9. The van der Waals surface area contributed by atoms with Gasteiger partial charge in [-0.15, -0.1) is 0 Å². The molecule has 0 spiro atoms. The number of hydrogen-bond acceptors (Lipinski definition) is 18. The van der Waals surface area contributed by atoms with Crippen molar-refractivity contribution < 1.29 is 81.6 Å². The molecule has 0 aliphatic carbocycles. The lowest BCUT2D eigenvalue weighted by Crippen LogP contribution is -2.36. The highest BCUT2D eigenvalue weighted by atomic mass is 31.3. The highest BCUT2D eigenvalue weighted by Crippen LogP contribution is 2.60. The Hall–Kier alpha value is -3.66. The molecule has 0 saturated carbocycles. The predicted octanol–water partition coefficient (Wildman–Crippen LogP) is 8.27. The Balaban J connectivity index is 1.87. The fraction of sp³-hybridized carbons (Fsp3) is 0.698. The van der Waals surface area contributed by atoms with Gasteiger partial charge < -0.3 is 55.3 Å². The van der Waals surface area contributed by atoms with Crippen molar-refractivity contribution >= 4 is 33.4 Å². The summed E-state index contributed by atoms with van der Waals surface area (Å²) in [5.74, 6) is -0.860. The van der Waals surface area contributed by atoms with Gasteiger partial charge in [0.2, 0.25) is 0 Å². The molecule has 23 heteroatoms. The Labute approximate surface area is 449 Å². The van der Waals surface area contributed by atoms with Crippen LogP contribution >= 0.6 is 15.6 Å². The molecule has 10 atom stereocenters. The van der Waals surface area contributed by atoms with Crippen LogP contribution in [0.4, 0.5) is 5.82 Å². The average Bonchev–Trinajstić information content (AvgIpc) is 3.64. The van der Waals surface area contributed by atoms with Crippen LogP contribution in [0.25, 0.3) is 0 Å². The molecule has 1 aromatic rings. The molecule has 1 aromatic heterocycles. The monoisotopic (exact) mass is 1120 g/mol. The van der Waals surface area contributed by atoms with E-state index < -0.39 is 102 Å². The zero-order valence-corrected chi connectivity index (χ0v) is 46.6. The number of carbonyl (C=O) groups excluding carboxylic acids is 2. The van der Waals surface area contributed by atoms with Crippen LogP contribution in [0.5, 0.6) is 0 Å². The number of nitrogens with two attached hydrogens (primary N) is 1. The molecule has 21 nitrogen and oxygen atoms in total. The molecular formula is C53H89N3O18P2. The Morgan fingerprint density at radius 1 is 0.737 bits per heavy atom. The van der Waals surface area contributed by atoms with Crippen LogP contribution in [0.3, 0.4) is 0 Å². The third-order valence-electron chi connectivity index (χ3n) is 12.1. The molecule has 0 radical (unpaired) electrons. The topological polar surface area (TPSA) is 326 Å². The van der Waals surface area contributed by atoms with Gasteiger partial charge in [-0.2, -0.15) is 9.29 Å². The van der Waals surface area contributed by atoms with Crippen molar-refractivity contribution in [3.8, 4) is 0 Å². The fourth-order valence-corrected chi connectivity index (χ4v) is 9.95.